The summed E-state index contributed by atoms with van der Waals surface area (Å²) in [5.74, 6) is -3.09. The van der Waals surface area contributed by atoms with Crippen LogP contribution in [-0.4, -0.2) is 29.1 Å². The first-order valence-corrected chi connectivity index (χ1v) is 7.40. The fourth-order valence-corrected chi connectivity index (χ4v) is 2.10. The molecule has 0 saturated heterocycles. The lowest BCUT2D eigenvalue weighted by molar-refractivity contribution is -0.147. The summed E-state index contributed by atoms with van der Waals surface area (Å²) in [7, 11) is 0. The molecule has 0 radical (unpaired) electrons. The first-order valence-electron chi connectivity index (χ1n) is 7.40. The van der Waals surface area contributed by atoms with Gasteiger partial charge in [0.2, 0.25) is 5.91 Å². The molecule has 0 aliphatic carbocycles. The standard InChI is InChI=1S/C16H21F2NO4/c1-3-8-16(2,15(21)22)19-14(20)5-4-9-23-13-7-6-11(17)10-12(13)18/h6-7,10H,3-5,8-9H2,1-2H3,(H,19,20)(H,21,22). The summed E-state index contributed by atoms with van der Waals surface area (Å²) < 4.78 is 31.2. The van der Waals surface area contributed by atoms with Crippen molar-refractivity contribution in [2.75, 3.05) is 6.61 Å². The molecule has 1 amide bonds. The van der Waals surface area contributed by atoms with E-state index in [1.165, 1.54) is 13.0 Å². The Morgan fingerprint density at radius 1 is 1.35 bits per heavy atom. The van der Waals surface area contributed by atoms with Crippen molar-refractivity contribution in [3.05, 3.63) is 29.8 Å². The molecule has 7 heteroatoms. The second kappa shape index (κ2) is 8.45. The number of halogens is 2. The van der Waals surface area contributed by atoms with Crippen LogP contribution in [0, 0.1) is 11.6 Å². The smallest absolute Gasteiger partial charge is 0.329 e. The van der Waals surface area contributed by atoms with E-state index in [1.807, 2.05) is 6.92 Å². The fraction of sp³-hybridized carbons (Fsp3) is 0.500. The van der Waals surface area contributed by atoms with Crippen molar-refractivity contribution in [1.82, 2.24) is 5.32 Å². The zero-order chi connectivity index (χ0) is 17.5. The number of hydrogen-bond acceptors (Lipinski definition) is 3. The molecule has 0 aromatic heterocycles. The molecule has 5 nitrogen and oxygen atoms in total. The van der Waals surface area contributed by atoms with Crippen LogP contribution in [0.25, 0.3) is 0 Å². The molecule has 2 N–H and O–H groups in total. The third-order valence-corrected chi connectivity index (χ3v) is 3.34. The van der Waals surface area contributed by atoms with E-state index >= 15 is 0 Å². The predicted molar refractivity (Wildman–Crippen MR) is 80.2 cm³/mol. The van der Waals surface area contributed by atoms with Gasteiger partial charge in [0.25, 0.3) is 0 Å². The van der Waals surface area contributed by atoms with Gasteiger partial charge in [-0.3, -0.25) is 4.79 Å². The molecule has 0 saturated carbocycles. The maximum absolute atomic E-state index is 13.3. The normalized spacial score (nSPS) is 13.2. The minimum Gasteiger partial charge on any atom is -0.491 e. The summed E-state index contributed by atoms with van der Waals surface area (Å²) in [6.45, 7) is 3.35. The number of ether oxygens (including phenoxy) is 1. The highest BCUT2D eigenvalue weighted by molar-refractivity contribution is 5.86. The van der Waals surface area contributed by atoms with Crippen molar-refractivity contribution in [1.29, 1.82) is 0 Å². The van der Waals surface area contributed by atoms with Crippen LogP contribution in [0.15, 0.2) is 18.2 Å². The Balaban J connectivity index is 2.40. The van der Waals surface area contributed by atoms with Crippen LogP contribution in [0.2, 0.25) is 0 Å². The summed E-state index contributed by atoms with van der Waals surface area (Å²) in [6, 6.07) is 2.97. The molecular weight excluding hydrogens is 308 g/mol. The van der Waals surface area contributed by atoms with Crippen LogP contribution in [0.3, 0.4) is 0 Å². The van der Waals surface area contributed by atoms with Crippen LogP contribution in [0.1, 0.15) is 39.5 Å². The van der Waals surface area contributed by atoms with Crippen LogP contribution in [0.5, 0.6) is 5.75 Å². The molecule has 0 spiro atoms. The van der Waals surface area contributed by atoms with Gasteiger partial charge in [-0.15, -0.1) is 0 Å². The number of hydrogen-bond donors (Lipinski definition) is 2. The summed E-state index contributed by atoms with van der Waals surface area (Å²) >= 11 is 0. The van der Waals surface area contributed by atoms with Gasteiger partial charge in [-0.25, -0.2) is 13.6 Å². The van der Waals surface area contributed by atoms with Crippen molar-refractivity contribution >= 4 is 11.9 Å². The number of benzene rings is 1. The number of carboxylic acids is 1. The van der Waals surface area contributed by atoms with Crippen LogP contribution in [-0.2, 0) is 9.59 Å². The molecule has 1 rings (SSSR count). The van der Waals surface area contributed by atoms with E-state index in [0.29, 0.717) is 18.9 Å². The van der Waals surface area contributed by atoms with Gasteiger partial charge in [0.1, 0.15) is 11.4 Å². The first-order chi connectivity index (χ1) is 10.8. The highest BCUT2D eigenvalue weighted by atomic mass is 19.1. The van der Waals surface area contributed by atoms with Gasteiger partial charge in [-0.1, -0.05) is 13.3 Å². The molecule has 1 atom stereocenters. The minimum absolute atomic E-state index is 0.0510. The summed E-state index contributed by atoms with van der Waals surface area (Å²) in [5, 5.41) is 11.7. The lowest BCUT2D eigenvalue weighted by Crippen LogP contribution is -2.52. The Hall–Kier alpha value is -2.18. The van der Waals surface area contributed by atoms with E-state index in [-0.39, 0.29) is 25.2 Å². The number of amides is 1. The molecule has 128 valence electrons. The van der Waals surface area contributed by atoms with E-state index in [1.54, 1.807) is 0 Å². The number of carbonyl (C=O) groups is 2. The highest BCUT2D eigenvalue weighted by Gasteiger charge is 2.33. The number of carboxylic acid groups (broad SMARTS) is 1. The summed E-state index contributed by atoms with van der Waals surface area (Å²) in [6.07, 6.45) is 1.28. The Morgan fingerprint density at radius 2 is 2.04 bits per heavy atom. The van der Waals surface area contributed by atoms with Crippen molar-refractivity contribution in [2.24, 2.45) is 0 Å². The van der Waals surface area contributed by atoms with Crippen LogP contribution < -0.4 is 10.1 Å². The van der Waals surface area contributed by atoms with Crippen molar-refractivity contribution in [2.45, 2.75) is 45.1 Å². The van der Waals surface area contributed by atoms with E-state index in [2.05, 4.69) is 5.32 Å². The Labute approximate surface area is 133 Å². The molecule has 1 aromatic rings. The zero-order valence-electron chi connectivity index (χ0n) is 13.2. The van der Waals surface area contributed by atoms with E-state index in [9.17, 15) is 23.5 Å². The molecule has 1 aromatic carbocycles. The van der Waals surface area contributed by atoms with Crippen molar-refractivity contribution in [3.8, 4) is 5.75 Å². The molecule has 23 heavy (non-hydrogen) atoms. The van der Waals surface area contributed by atoms with Gasteiger partial charge in [0, 0.05) is 12.5 Å². The third-order valence-electron chi connectivity index (χ3n) is 3.34. The number of nitrogens with one attached hydrogen (secondary N) is 1. The number of rotatable bonds is 9. The van der Waals surface area contributed by atoms with Gasteiger partial charge < -0.3 is 15.2 Å². The molecule has 1 unspecified atom stereocenters. The number of carbonyl (C=O) groups excluding carboxylic acids is 1. The molecule has 0 bridgehead atoms. The van der Waals surface area contributed by atoms with E-state index in [4.69, 9.17) is 4.74 Å². The molecule has 0 heterocycles. The van der Waals surface area contributed by atoms with E-state index in [0.717, 1.165) is 6.07 Å². The summed E-state index contributed by atoms with van der Waals surface area (Å²) in [5.41, 5.74) is -1.30. The second-order valence-electron chi connectivity index (χ2n) is 5.46. The number of aliphatic carboxylic acids is 1. The van der Waals surface area contributed by atoms with Gasteiger partial charge in [0.15, 0.2) is 11.6 Å². The molecular formula is C16H21F2NO4. The van der Waals surface area contributed by atoms with Crippen LogP contribution >= 0.6 is 0 Å². The highest BCUT2D eigenvalue weighted by Crippen LogP contribution is 2.18. The Morgan fingerprint density at radius 3 is 2.61 bits per heavy atom. The quantitative estimate of drug-likeness (QED) is 0.683. The van der Waals surface area contributed by atoms with Crippen LogP contribution in [0.4, 0.5) is 8.78 Å². The Bertz CT molecular complexity index is 565. The maximum Gasteiger partial charge on any atom is 0.329 e. The molecule has 0 aliphatic heterocycles. The minimum atomic E-state index is -1.30. The predicted octanol–water partition coefficient (Wildman–Crippen LogP) is 2.88. The topological polar surface area (TPSA) is 75.6 Å². The second-order valence-corrected chi connectivity index (χ2v) is 5.46. The van der Waals surface area contributed by atoms with Gasteiger partial charge in [0.05, 0.1) is 6.61 Å². The zero-order valence-corrected chi connectivity index (χ0v) is 13.2. The van der Waals surface area contributed by atoms with Crippen molar-refractivity contribution in [3.63, 3.8) is 0 Å². The van der Waals surface area contributed by atoms with Gasteiger partial charge in [-0.05, 0) is 31.9 Å². The fourth-order valence-electron chi connectivity index (χ4n) is 2.10. The lowest BCUT2D eigenvalue weighted by atomic mass is 9.96. The monoisotopic (exact) mass is 329 g/mol. The van der Waals surface area contributed by atoms with Gasteiger partial charge in [-0.2, -0.15) is 0 Å². The van der Waals surface area contributed by atoms with Crippen molar-refractivity contribution < 1.29 is 28.2 Å². The Kier molecular flexibility index (Phi) is 6.93. The third kappa shape index (κ3) is 5.84. The van der Waals surface area contributed by atoms with Gasteiger partial charge >= 0.3 is 5.97 Å². The largest absolute Gasteiger partial charge is 0.491 e. The van der Waals surface area contributed by atoms with E-state index < -0.39 is 29.0 Å². The average Bonchev–Trinajstić information content (AvgIpc) is 2.45. The maximum atomic E-state index is 13.3. The lowest BCUT2D eigenvalue weighted by Gasteiger charge is -2.25. The average molecular weight is 329 g/mol. The summed E-state index contributed by atoms with van der Waals surface area (Å²) in [4.78, 5) is 23.0. The SMILES string of the molecule is CCCC(C)(NC(=O)CCCOc1ccc(F)cc1F)C(=O)O. The molecule has 0 fully saturated rings. The first kappa shape index (κ1) is 18.9. The molecule has 0 aliphatic rings.